The molecule has 0 aliphatic rings. The van der Waals surface area contributed by atoms with Crippen molar-refractivity contribution < 1.29 is 5.11 Å². The lowest BCUT2D eigenvalue weighted by molar-refractivity contribution is 0.474. The molecule has 1 N–H and O–H groups in total. The lowest BCUT2D eigenvalue weighted by Gasteiger charge is -2.02. The molecule has 0 radical (unpaired) electrons. The largest absolute Gasteiger partial charge is 0.507 e. The third kappa shape index (κ3) is 2.90. The average Bonchev–Trinajstić information content (AvgIpc) is 2.34. The molecule has 3 heteroatoms. The molecule has 0 saturated carbocycles. The number of hydrogen-bond donors (Lipinski definition) is 1. The van der Waals surface area contributed by atoms with Crippen molar-refractivity contribution in [3.63, 3.8) is 0 Å². The molecule has 0 saturated heterocycles. The molecule has 2 nitrogen and oxygen atoms in total. The fourth-order valence-corrected chi connectivity index (χ4v) is 1.80. The van der Waals surface area contributed by atoms with Gasteiger partial charge < -0.3 is 5.11 Å². The fraction of sp³-hybridized carbons (Fsp3) is 0.133. The van der Waals surface area contributed by atoms with Crippen LogP contribution in [0.3, 0.4) is 0 Å². The highest BCUT2D eigenvalue weighted by atomic mass is 35.5. The zero-order chi connectivity index (χ0) is 13.1. The Labute approximate surface area is 112 Å². The van der Waals surface area contributed by atoms with Gasteiger partial charge in [-0.05, 0) is 43.7 Å². The van der Waals surface area contributed by atoms with Gasteiger partial charge in [0.2, 0.25) is 0 Å². The predicted octanol–water partition coefficient (Wildman–Crippen LogP) is 4.41. The summed E-state index contributed by atoms with van der Waals surface area (Å²) in [4.78, 5) is 4.37. The maximum Gasteiger partial charge on any atom is 0.124 e. The van der Waals surface area contributed by atoms with Gasteiger partial charge in [-0.2, -0.15) is 0 Å². The Morgan fingerprint density at radius 3 is 2.67 bits per heavy atom. The van der Waals surface area contributed by atoms with E-state index in [2.05, 4.69) is 4.99 Å². The fourth-order valence-electron chi connectivity index (χ4n) is 1.64. The lowest BCUT2D eigenvalue weighted by atomic mass is 10.1. The monoisotopic (exact) mass is 259 g/mol. The molecule has 0 amide bonds. The topological polar surface area (TPSA) is 32.6 Å². The number of aryl methyl sites for hydroxylation is 2. The molecule has 0 aliphatic heterocycles. The van der Waals surface area contributed by atoms with E-state index in [1.807, 2.05) is 38.1 Å². The van der Waals surface area contributed by atoms with Gasteiger partial charge in [-0.1, -0.05) is 29.3 Å². The Morgan fingerprint density at radius 1 is 1.11 bits per heavy atom. The van der Waals surface area contributed by atoms with E-state index < -0.39 is 0 Å². The van der Waals surface area contributed by atoms with Crippen molar-refractivity contribution in [1.82, 2.24) is 0 Å². The van der Waals surface area contributed by atoms with Crippen molar-refractivity contribution in [1.29, 1.82) is 0 Å². The summed E-state index contributed by atoms with van der Waals surface area (Å²) in [7, 11) is 0. The number of nitrogens with zero attached hydrogens (tertiary/aromatic N) is 1. The molecule has 0 spiro atoms. The standard InChI is InChI=1S/C15H14ClNO/c1-10-3-6-15(18)12(7-10)9-17-14-8-13(16)5-4-11(14)2/h3-9,18H,1-2H3. The summed E-state index contributed by atoms with van der Waals surface area (Å²) in [6.07, 6.45) is 1.65. The normalized spacial score (nSPS) is 11.1. The van der Waals surface area contributed by atoms with E-state index >= 15 is 0 Å². The SMILES string of the molecule is Cc1ccc(O)c(C=Nc2cc(Cl)ccc2C)c1. The van der Waals surface area contributed by atoms with Gasteiger partial charge in [0.15, 0.2) is 0 Å². The third-order valence-corrected chi connectivity index (χ3v) is 2.93. The molecule has 0 atom stereocenters. The van der Waals surface area contributed by atoms with Gasteiger partial charge in [-0.25, -0.2) is 0 Å². The Hall–Kier alpha value is -1.80. The highest BCUT2D eigenvalue weighted by molar-refractivity contribution is 6.30. The Balaban J connectivity index is 2.35. The first-order chi connectivity index (χ1) is 8.56. The first-order valence-electron chi connectivity index (χ1n) is 5.66. The van der Waals surface area contributed by atoms with Crippen LogP contribution in [0, 0.1) is 13.8 Å². The van der Waals surface area contributed by atoms with Crippen LogP contribution in [0.5, 0.6) is 5.75 Å². The lowest BCUT2D eigenvalue weighted by Crippen LogP contribution is -1.84. The van der Waals surface area contributed by atoms with E-state index in [1.165, 1.54) is 0 Å². The van der Waals surface area contributed by atoms with Crippen molar-refractivity contribution in [2.45, 2.75) is 13.8 Å². The number of rotatable bonds is 2. The molecule has 2 aromatic carbocycles. The molecule has 92 valence electrons. The number of aromatic hydroxyl groups is 1. The molecule has 0 fully saturated rings. The van der Waals surface area contributed by atoms with Crippen LogP contribution in [-0.2, 0) is 0 Å². The van der Waals surface area contributed by atoms with Crippen LogP contribution in [0.2, 0.25) is 5.02 Å². The maximum absolute atomic E-state index is 9.72. The number of halogens is 1. The van der Waals surface area contributed by atoms with Crippen LogP contribution in [-0.4, -0.2) is 11.3 Å². The number of benzene rings is 2. The van der Waals surface area contributed by atoms with Crippen LogP contribution in [0.4, 0.5) is 5.69 Å². The molecular formula is C15H14ClNO. The second-order valence-electron chi connectivity index (χ2n) is 4.25. The number of phenols is 1. The zero-order valence-corrected chi connectivity index (χ0v) is 11.1. The van der Waals surface area contributed by atoms with Crippen LogP contribution in [0.15, 0.2) is 41.4 Å². The van der Waals surface area contributed by atoms with Crippen molar-refractivity contribution in [2.75, 3.05) is 0 Å². The first-order valence-corrected chi connectivity index (χ1v) is 6.04. The molecule has 0 aliphatic carbocycles. The maximum atomic E-state index is 9.72. The summed E-state index contributed by atoms with van der Waals surface area (Å²) in [5.41, 5.74) is 3.64. The van der Waals surface area contributed by atoms with E-state index in [4.69, 9.17) is 11.6 Å². The van der Waals surface area contributed by atoms with Crippen molar-refractivity contribution in [3.8, 4) is 5.75 Å². The predicted molar refractivity (Wildman–Crippen MR) is 76.3 cm³/mol. The summed E-state index contributed by atoms with van der Waals surface area (Å²) in [5.74, 6) is 0.226. The van der Waals surface area contributed by atoms with Gasteiger partial charge >= 0.3 is 0 Å². The second-order valence-corrected chi connectivity index (χ2v) is 4.69. The quantitative estimate of drug-likeness (QED) is 0.796. The molecule has 18 heavy (non-hydrogen) atoms. The summed E-state index contributed by atoms with van der Waals surface area (Å²) >= 11 is 5.93. The van der Waals surface area contributed by atoms with Gasteiger partial charge in [-0.3, -0.25) is 4.99 Å². The van der Waals surface area contributed by atoms with E-state index in [0.717, 1.165) is 16.8 Å². The molecule has 2 rings (SSSR count). The molecule has 0 unspecified atom stereocenters. The van der Waals surface area contributed by atoms with Crippen LogP contribution < -0.4 is 0 Å². The minimum atomic E-state index is 0.226. The van der Waals surface area contributed by atoms with Crippen molar-refractivity contribution in [3.05, 3.63) is 58.1 Å². The average molecular weight is 260 g/mol. The Bertz CT molecular complexity index is 552. The van der Waals surface area contributed by atoms with Gasteiger partial charge in [0.05, 0.1) is 5.69 Å². The van der Waals surface area contributed by atoms with Crippen LogP contribution in [0.1, 0.15) is 16.7 Å². The summed E-state index contributed by atoms with van der Waals surface area (Å²) in [6, 6.07) is 11.0. The number of phenolic OH excluding ortho intramolecular Hbond substituents is 1. The molecule has 2 aromatic rings. The van der Waals surface area contributed by atoms with Crippen molar-refractivity contribution >= 4 is 23.5 Å². The van der Waals surface area contributed by atoms with E-state index in [9.17, 15) is 5.11 Å². The van der Waals surface area contributed by atoms with Gasteiger partial charge in [-0.15, -0.1) is 0 Å². The minimum Gasteiger partial charge on any atom is -0.507 e. The van der Waals surface area contributed by atoms with Crippen LogP contribution in [0.25, 0.3) is 0 Å². The van der Waals surface area contributed by atoms with Gasteiger partial charge in [0.25, 0.3) is 0 Å². The molecule has 0 heterocycles. The Morgan fingerprint density at radius 2 is 1.89 bits per heavy atom. The number of aliphatic imine (C=N–C) groups is 1. The van der Waals surface area contributed by atoms with E-state index in [-0.39, 0.29) is 5.75 Å². The second kappa shape index (κ2) is 5.23. The van der Waals surface area contributed by atoms with Crippen molar-refractivity contribution in [2.24, 2.45) is 4.99 Å². The third-order valence-electron chi connectivity index (χ3n) is 2.70. The van der Waals surface area contributed by atoms with E-state index in [0.29, 0.717) is 10.6 Å². The Kier molecular flexibility index (Phi) is 3.68. The molecular weight excluding hydrogens is 246 g/mol. The minimum absolute atomic E-state index is 0.226. The highest BCUT2D eigenvalue weighted by Gasteiger charge is 2.00. The summed E-state index contributed by atoms with van der Waals surface area (Å²) < 4.78 is 0. The smallest absolute Gasteiger partial charge is 0.124 e. The zero-order valence-electron chi connectivity index (χ0n) is 10.3. The summed E-state index contributed by atoms with van der Waals surface area (Å²) in [6.45, 7) is 3.94. The highest BCUT2D eigenvalue weighted by Crippen LogP contribution is 2.24. The molecule has 0 aromatic heterocycles. The summed E-state index contributed by atoms with van der Waals surface area (Å²) in [5, 5.41) is 10.4. The van der Waals surface area contributed by atoms with Gasteiger partial charge in [0, 0.05) is 16.8 Å². The van der Waals surface area contributed by atoms with Crippen LogP contribution >= 0.6 is 11.6 Å². The van der Waals surface area contributed by atoms with E-state index in [1.54, 1.807) is 18.3 Å². The number of hydrogen-bond acceptors (Lipinski definition) is 2. The first kappa shape index (κ1) is 12.7. The van der Waals surface area contributed by atoms with Gasteiger partial charge in [0.1, 0.15) is 5.75 Å². The molecule has 0 bridgehead atoms.